The van der Waals surface area contributed by atoms with Gasteiger partial charge < -0.3 is 9.30 Å². The molecular weight excluding hydrogens is 392 g/mol. The zero-order chi connectivity index (χ0) is 18.7. The number of halogens is 1. The van der Waals surface area contributed by atoms with Gasteiger partial charge in [-0.2, -0.15) is 5.26 Å². The highest BCUT2D eigenvalue weighted by Gasteiger charge is 2.16. The summed E-state index contributed by atoms with van der Waals surface area (Å²) in [5.74, 6) is 0.779. The van der Waals surface area contributed by atoms with E-state index in [9.17, 15) is 10.1 Å². The molecule has 26 heavy (non-hydrogen) atoms. The smallest absolute Gasteiger partial charge is 0.269 e. The number of hydrogen-bond acceptors (Lipinski definition) is 3. The summed E-state index contributed by atoms with van der Waals surface area (Å²) in [5.41, 5.74) is 2.87. The van der Waals surface area contributed by atoms with Gasteiger partial charge in [-0.3, -0.25) is 4.79 Å². The summed E-state index contributed by atoms with van der Waals surface area (Å²) in [5, 5.41) is 9.54. The van der Waals surface area contributed by atoms with Crippen molar-refractivity contribution >= 4 is 15.9 Å². The van der Waals surface area contributed by atoms with Crippen LogP contribution in [0.5, 0.6) is 5.75 Å². The van der Waals surface area contributed by atoms with Crippen molar-refractivity contribution in [3.05, 3.63) is 75.0 Å². The average molecular weight is 409 g/mol. The molecule has 1 aromatic heterocycles. The molecule has 0 aliphatic heterocycles. The normalized spacial score (nSPS) is 10.4. The summed E-state index contributed by atoms with van der Waals surface area (Å²) >= 11 is 3.51. The fraction of sp³-hybridized carbons (Fsp3) is 0.143. The topological polar surface area (TPSA) is 55.0 Å². The van der Waals surface area contributed by atoms with E-state index in [4.69, 9.17) is 4.74 Å². The van der Waals surface area contributed by atoms with E-state index >= 15 is 0 Å². The van der Waals surface area contributed by atoms with Gasteiger partial charge in [-0.15, -0.1) is 0 Å². The van der Waals surface area contributed by atoms with Gasteiger partial charge in [-0.05, 0) is 54.4 Å². The maximum Gasteiger partial charge on any atom is 0.269 e. The predicted molar refractivity (Wildman–Crippen MR) is 106 cm³/mol. The summed E-state index contributed by atoms with van der Waals surface area (Å²) in [4.78, 5) is 12.8. The molecule has 0 spiro atoms. The third kappa shape index (κ3) is 3.29. The Hall–Kier alpha value is -2.84. The Morgan fingerprint density at radius 3 is 2.42 bits per heavy atom. The standard InChI is InChI=1S/C21H17BrN2O2/c1-3-26-15-10-8-14(9-11-15)20-12-17(16-6-4-5-7-19(16)22)18(13-23)21(25)24(20)2/h4-12H,3H2,1-2H3. The first-order valence-electron chi connectivity index (χ1n) is 8.19. The summed E-state index contributed by atoms with van der Waals surface area (Å²) in [6.45, 7) is 2.53. The molecule has 0 saturated heterocycles. The zero-order valence-electron chi connectivity index (χ0n) is 14.5. The van der Waals surface area contributed by atoms with Gasteiger partial charge >= 0.3 is 0 Å². The summed E-state index contributed by atoms with van der Waals surface area (Å²) in [7, 11) is 1.68. The van der Waals surface area contributed by atoms with Gasteiger partial charge in [0.2, 0.25) is 0 Å². The number of hydrogen-bond donors (Lipinski definition) is 0. The highest BCUT2D eigenvalue weighted by Crippen LogP contribution is 2.32. The lowest BCUT2D eigenvalue weighted by atomic mass is 9.98. The van der Waals surface area contributed by atoms with Crippen molar-refractivity contribution in [3.63, 3.8) is 0 Å². The van der Waals surface area contributed by atoms with Crippen LogP contribution in [0.25, 0.3) is 22.4 Å². The molecule has 0 aliphatic carbocycles. The van der Waals surface area contributed by atoms with Crippen molar-refractivity contribution in [3.8, 4) is 34.2 Å². The number of nitriles is 1. The minimum atomic E-state index is -0.315. The Morgan fingerprint density at radius 2 is 1.81 bits per heavy atom. The van der Waals surface area contributed by atoms with Crippen LogP contribution in [0.3, 0.4) is 0 Å². The molecule has 3 rings (SSSR count). The zero-order valence-corrected chi connectivity index (χ0v) is 16.1. The fourth-order valence-corrected chi connectivity index (χ4v) is 3.36. The van der Waals surface area contributed by atoms with E-state index in [1.807, 2.05) is 61.5 Å². The second-order valence-electron chi connectivity index (χ2n) is 5.73. The van der Waals surface area contributed by atoms with Gasteiger partial charge in [0, 0.05) is 17.1 Å². The molecule has 5 heteroatoms. The first-order chi connectivity index (χ1) is 12.6. The van der Waals surface area contributed by atoms with Crippen LogP contribution in [0.1, 0.15) is 12.5 Å². The maximum absolute atomic E-state index is 12.8. The molecule has 0 unspecified atom stereocenters. The molecular formula is C21H17BrN2O2. The van der Waals surface area contributed by atoms with E-state index in [1.54, 1.807) is 7.05 Å². The van der Waals surface area contributed by atoms with E-state index in [0.29, 0.717) is 12.2 Å². The predicted octanol–water partition coefficient (Wildman–Crippen LogP) is 4.75. The number of ether oxygens (including phenoxy) is 1. The van der Waals surface area contributed by atoms with Crippen LogP contribution in [0.15, 0.2) is 63.9 Å². The fourth-order valence-electron chi connectivity index (χ4n) is 2.86. The largest absolute Gasteiger partial charge is 0.494 e. The Morgan fingerprint density at radius 1 is 1.12 bits per heavy atom. The summed E-state index contributed by atoms with van der Waals surface area (Å²) in [6, 6.07) is 19.1. The summed E-state index contributed by atoms with van der Waals surface area (Å²) in [6.07, 6.45) is 0. The highest BCUT2D eigenvalue weighted by atomic mass is 79.9. The molecule has 0 amide bonds. The van der Waals surface area contributed by atoms with Gasteiger partial charge in [0.1, 0.15) is 17.4 Å². The van der Waals surface area contributed by atoms with Gasteiger partial charge in [-0.1, -0.05) is 34.1 Å². The van der Waals surface area contributed by atoms with Crippen LogP contribution < -0.4 is 10.3 Å². The van der Waals surface area contributed by atoms with E-state index in [1.165, 1.54) is 4.57 Å². The van der Waals surface area contributed by atoms with Crippen molar-refractivity contribution in [1.29, 1.82) is 5.26 Å². The molecule has 4 nitrogen and oxygen atoms in total. The van der Waals surface area contributed by atoms with E-state index < -0.39 is 0 Å². The molecule has 0 saturated carbocycles. The average Bonchev–Trinajstić information content (AvgIpc) is 2.65. The van der Waals surface area contributed by atoms with E-state index in [2.05, 4.69) is 22.0 Å². The number of pyridine rings is 1. The molecule has 3 aromatic rings. The lowest BCUT2D eigenvalue weighted by molar-refractivity contribution is 0.340. The van der Waals surface area contributed by atoms with Crippen molar-refractivity contribution in [2.24, 2.45) is 7.05 Å². The van der Waals surface area contributed by atoms with E-state index in [0.717, 1.165) is 27.0 Å². The van der Waals surface area contributed by atoms with Gasteiger partial charge in [-0.25, -0.2) is 0 Å². The summed E-state index contributed by atoms with van der Waals surface area (Å²) < 4.78 is 7.82. The first kappa shape index (κ1) is 18.0. The Labute approximate surface area is 160 Å². The number of nitrogens with zero attached hydrogens (tertiary/aromatic N) is 2. The molecule has 0 radical (unpaired) electrons. The molecule has 1 heterocycles. The van der Waals surface area contributed by atoms with Crippen LogP contribution in [-0.4, -0.2) is 11.2 Å². The lowest BCUT2D eigenvalue weighted by Crippen LogP contribution is -2.22. The SMILES string of the molecule is CCOc1ccc(-c2cc(-c3ccccc3Br)c(C#N)c(=O)n2C)cc1. The third-order valence-electron chi connectivity index (χ3n) is 4.17. The molecule has 0 aliphatic rings. The minimum absolute atomic E-state index is 0.133. The molecule has 0 N–H and O–H groups in total. The Balaban J connectivity index is 2.23. The quantitative estimate of drug-likeness (QED) is 0.625. The van der Waals surface area contributed by atoms with E-state index in [-0.39, 0.29) is 11.1 Å². The molecule has 2 aromatic carbocycles. The van der Waals surface area contributed by atoms with Crippen molar-refractivity contribution < 1.29 is 4.74 Å². The Kier molecular flexibility index (Phi) is 5.24. The lowest BCUT2D eigenvalue weighted by Gasteiger charge is -2.14. The number of benzene rings is 2. The van der Waals surface area contributed by atoms with Crippen molar-refractivity contribution in [2.45, 2.75) is 6.92 Å². The first-order valence-corrected chi connectivity index (χ1v) is 8.98. The second kappa shape index (κ2) is 7.59. The van der Waals surface area contributed by atoms with Crippen molar-refractivity contribution in [1.82, 2.24) is 4.57 Å². The van der Waals surface area contributed by atoms with Crippen molar-refractivity contribution in [2.75, 3.05) is 6.61 Å². The molecule has 130 valence electrons. The van der Waals surface area contributed by atoms with Crippen LogP contribution in [0, 0.1) is 11.3 Å². The molecule has 0 fully saturated rings. The van der Waals surface area contributed by atoms with Gasteiger partial charge in [0.25, 0.3) is 5.56 Å². The van der Waals surface area contributed by atoms with Gasteiger partial charge in [0.15, 0.2) is 0 Å². The molecule has 0 bridgehead atoms. The highest BCUT2D eigenvalue weighted by molar-refractivity contribution is 9.10. The number of aromatic nitrogens is 1. The van der Waals surface area contributed by atoms with Crippen LogP contribution in [-0.2, 0) is 7.05 Å². The Bertz CT molecular complexity index is 1050. The second-order valence-corrected chi connectivity index (χ2v) is 6.59. The monoisotopic (exact) mass is 408 g/mol. The third-order valence-corrected chi connectivity index (χ3v) is 4.86. The van der Waals surface area contributed by atoms with Crippen LogP contribution in [0.4, 0.5) is 0 Å². The van der Waals surface area contributed by atoms with Gasteiger partial charge in [0.05, 0.1) is 12.3 Å². The maximum atomic E-state index is 12.8. The van der Waals surface area contributed by atoms with Crippen LogP contribution >= 0.6 is 15.9 Å². The van der Waals surface area contributed by atoms with Crippen LogP contribution in [0.2, 0.25) is 0 Å². The molecule has 0 atom stereocenters. The number of rotatable bonds is 4. The minimum Gasteiger partial charge on any atom is -0.494 e.